The van der Waals surface area contributed by atoms with Crippen LogP contribution in [-0.2, 0) is 6.18 Å². The molecule has 18 heavy (non-hydrogen) atoms. The van der Waals surface area contributed by atoms with Gasteiger partial charge in [-0.25, -0.2) is 9.38 Å². The predicted molar refractivity (Wildman–Crippen MR) is 60.8 cm³/mol. The molecule has 0 amide bonds. The summed E-state index contributed by atoms with van der Waals surface area (Å²) < 4.78 is 50.7. The Bertz CT molecular complexity index is 505. The van der Waals surface area contributed by atoms with Gasteiger partial charge in [0.15, 0.2) is 11.4 Å². The molecule has 0 radical (unpaired) electrons. The van der Waals surface area contributed by atoms with Crippen LogP contribution in [0.25, 0.3) is 0 Å². The van der Waals surface area contributed by atoms with Crippen molar-refractivity contribution >= 4 is 22.6 Å². The van der Waals surface area contributed by atoms with E-state index in [0.29, 0.717) is 6.07 Å². The molecule has 0 saturated carbocycles. The van der Waals surface area contributed by atoms with E-state index < -0.39 is 23.2 Å². The minimum Gasteiger partial charge on any atom is -0.271 e. The lowest BCUT2D eigenvalue weighted by molar-refractivity contribution is -0.137. The first-order chi connectivity index (χ1) is 8.38. The normalized spacial score (nSPS) is 12.1. The second kappa shape index (κ2) is 5.73. The van der Waals surface area contributed by atoms with Crippen molar-refractivity contribution in [2.45, 2.75) is 6.18 Å². The summed E-state index contributed by atoms with van der Waals surface area (Å²) in [5.41, 5.74) is -1.63. The lowest BCUT2D eigenvalue weighted by Gasteiger charge is -2.10. The van der Waals surface area contributed by atoms with Crippen LogP contribution in [0.2, 0.25) is 0 Å². The summed E-state index contributed by atoms with van der Waals surface area (Å²) in [6.45, 7) is 0. The van der Waals surface area contributed by atoms with E-state index >= 15 is 0 Å². The molecule has 0 aliphatic heterocycles. The molecule has 0 fully saturated rings. The lowest BCUT2D eigenvalue weighted by atomic mass is 10.1. The second-order valence-corrected chi connectivity index (χ2v) is 3.81. The molecule has 0 aromatic heterocycles. The van der Waals surface area contributed by atoms with Crippen molar-refractivity contribution in [3.05, 3.63) is 29.6 Å². The van der Waals surface area contributed by atoms with E-state index in [0.717, 1.165) is 23.9 Å². The number of nitriles is 1. The Balaban J connectivity index is 3.29. The molecule has 0 aliphatic rings. The van der Waals surface area contributed by atoms with Gasteiger partial charge in [0.25, 0.3) is 0 Å². The molecular weight excluding hydrogens is 270 g/mol. The smallest absolute Gasteiger partial charge is 0.271 e. The SMILES string of the molecule is CSC(=Nc1ccc(F)cc1C(F)(F)F)NC#N. The molecule has 0 atom stereocenters. The van der Waals surface area contributed by atoms with Crippen molar-refractivity contribution in [3.8, 4) is 6.19 Å². The topological polar surface area (TPSA) is 48.2 Å². The highest BCUT2D eigenvalue weighted by Crippen LogP contribution is 2.36. The van der Waals surface area contributed by atoms with Crippen molar-refractivity contribution in [1.82, 2.24) is 5.32 Å². The largest absolute Gasteiger partial charge is 0.418 e. The molecule has 0 bridgehead atoms. The number of nitrogens with one attached hydrogen (secondary N) is 1. The van der Waals surface area contributed by atoms with Crippen LogP contribution >= 0.6 is 11.8 Å². The van der Waals surface area contributed by atoms with Gasteiger partial charge in [0.2, 0.25) is 0 Å². The Hall–Kier alpha value is -1.75. The highest BCUT2D eigenvalue weighted by atomic mass is 32.2. The van der Waals surface area contributed by atoms with Crippen LogP contribution in [0.5, 0.6) is 0 Å². The van der Waals surface area contributed by atoms with Crippen LogP contribution in [0.3, 0.4) is 0 Å². The Morgan fingerprint density at radius 1 is 1.44 bits per heavy atom. The highest BCUT2D eigenvalue weighted by Gasteiger charge is 2.34. The van der Waals surface area contributed by atoms with Crippen molar-refractivity contribution in [2.24, 2.45) is 4.99 Å². The van der Waals surface area contributed by atoms with Crippen LogP contribution in [-0.4, -0.2) is 11.4 Å². The first kappa shape index (κ1) is 14.3. The fourth-order valence-corrected chi connectivity index (χ4v) is 1.45. The first-order valence-corrected chi connectivity index (χ1v) is 5.75. The molecule has 1 N–H and O–H groups in total. The number of alkyl halides is 3. The zero-order valence-corrected chi connectivity index (χ0v) is 9.86. The average molecular weight is 277 g/mol. The van der Waals surface area contributed by atoms with Gasteiger partial charge in [0.1, 0.15) is 5.82 Å². The summed E-state index contributed by atoms with van der Waals surface area (Å²) in [4.78, 5) is 3.63. The van der Waals surface area contributed by atoms with Gasteiger partial charge in [-0.3, -0.25) is 5.32 Å². The zero-order valence-electron chi connectivity index (χ0n) is 9.05. The number of hydrogen-bond acceptors (Lipinski definition) is 3. The number of halogens is 4. The van der Waals surface area contributed by atoms with Crippen LogP contribution in [0.4, 0.5) is 23.2 Å². The molecule has 0 aliphatic carbocycles. The third kappa shape index (κ3) is 3.63. The van der Waals surface area contributed by atoms with Crippen molar-refractivity contribution in [2.75, 3.05) is 6.26 Å². The van der Waals surface area contributed by atoms with Crippen molar-refractivity contribution < 1.29 is 17.6 Å². The Morgan fingerprint density at radius 2 is 2.11 bits per heavy atom. The predicted octanol–water partition coefficient (Wildman–Crippen LogP) is 3.27. The zero-order chi connectivity index (χ0) is 13.8. The van der Waals surface area contributed by atoms with Crippen molar-refractivity contribution in [3.63, 3.8) is 0 Å². The molecule has 0 heterocycles. The Morgan fingerprint density at radius 3 is 2.61 bits per heavy atom. The third-order valence-corrected chi connectivity index (χ3v) is 2.42. The van der Waals surface area contributed by atoms with Gasteiger partial charge in [0, 0.05) is 0 Å². The van der Waals surface area contributed by atoms with E-state index in [-0.39, 0.29) is 5.17 Å². The third-order valence-electron chi connectivity index (χ3n) is 1.84. The molecule has 96 valence electrons. The maximum Gasteiger partial charge on any atom is 0.418 e. The summed E-state index contributed by atoms with van der Waals surface area (Å²) in [5.74, 6) is -1.000. The van der Waals surface area contributed by atoms with Crippen LogP contribution in [0.15, 0.2) is 23.2 Å². The van der Waals surface area contributed by atoms with Gasteiger partial charge in [-0.2, -0.15) is 18.4 Å². The van der Waals surface area contributed by atoms with Gasteiger partial charge in [-0.15, -0.1) is 0 Å². The summed E-state index contributed by atoms with van der Waals surface area (Å²) in [7, 11) is 0. The van der Waals surface area contributed by atoms with E-state index in [9.17, 15) is 17.6 Å². The van der Waals surface area contributed by atoms with Gasteiger partial charge < -0.3 is 0 Å². The van der Waals surface area contributed by atoms with E-state index in [4.69, 9.17) is 5.26 Å². The molecule has 1 aromatic rings. The summed E-state index contributed by atoms with van der Waals surface area (Å²) in [6.07, 6.45) is -1.62. The number of benzene rings is 1. The fraction of sp³-hybridized carbons (Fsp3) is 0.200. The number of nitrogens with zero attached hydrogens (tertiary/aromatic N) is 2. The van der Waals surface area contributed by atoms with Gasteiger partial charge in [-0.1, -0.05) is 11.8 Å². The quantitative estimate of drug-likeness (QED) is 0.282. The van der Waals surface area contributed by atoms with Crippen LogP contribution in [0.1, 0.15) is 5.56 Å². The summed E-state index contributed by atoms with van der Waals surface area (Å²) in [5, 5.41) is 10.5. The van der Waals surface area contributed by atoms with Gasteiger partial charge in [0.05, 0.1) is 11.3 Å². The van der Waals surface area contributed by atoms with Crippen LogP contribution in [0, 0.1) is 17.3 Å². The van der Waals surface area contributed by atoms with Gasteiger partial charge >= 0.3 is 6.18 Å². The molecule has 8 heteroatoms. The molecule has 1 aromatic carbocycles. The van der Waals surface area contributed by atoms with E-state index in [1.165, 1.54) is 0 Å². The molecule has 0 spiro atoms. The standard InChI is InChI=1S/C10H7F4N3S/c1-18-9(16-5-15)17-8-3-2-6(11)4-7(8)10(12,13)14/h2-4H,1H3,(H,16,17). The molecule has 3 nitrogen and oxygen atoms in total. The number of hydrogen-bond donors (Lipinski definition) is 1. The van der Waals surface area contributed by atoms with Crippen LogP contribution < -0.4 is 5.32 Å². The number of thioether (sulfide) groups is 1. The maximum absolute atomic E-state index is 12.8. The fourth-order valence-electron chi connectivity index (χ4n) is 1.11. The minimum atomic E-state index is -4.71. The van der Waals surface area contributed by atoms with E-state index in [1.807, 2.05) is 0 Å². The van der Waals surface area contributed by atoms with Crippen molar-refractivity contribution in [1.29, 1.82) is 5.26 Å². The average Bonchev–Trinajstić information content (AvgIpc) is 2.29. The second-order valence-electron chi connectivity index (χ2n) is 3.02. The Labute approximate surface area is 105 Å². The monoisotopic (exact) mass is 277 g/mol. The lowest BCUT2D eigenvalue weighted by Crippen LogP contribution is -2.13. The minimum absolute atomic E-state index is 0.00499. The van der Waals surface area contributed by atoms with E-state index in [2.05, 4.69) is 10.3 Å². The summed E-state index contributed by atoms with van der Waals surface area (Å²) in [6, 6.07) is 2.15. The molecule has 1 rings (SSSR count). The number of rotatable bonds is 1. The highest BCUT2D eigenvalue weighted by molar-refractivity contribution is 8.13. The van der Waals surface area contributed by atoms with Gasteiger partial charge in [-0.05, 0) is 24.5 Å². The maximum atomic E-state index is 12.8. The van der Waals surface area contributed by atoms with E-state index in [1.54, 1.807) is 12.4 Å². The summed E-state index contributed by atoms with van der Waals surface area (Å²) >= 11 is 0.968. The molecule has 0 unspecified atom stereocenters. The molecule has 0 saturated heterocycles. The first-order valence-electron chi connectivity index (χ1n) is 4.53. The molecular formula is C10H7F4N3S. The number of aliphatic imine (C=N–C) groups is 1. The Kier molecular flexibility index (Phi) is 4.55. The number of amidine groups is 1.